The van der Waals surface area contributed by atoms with Crippen LogP contribution in [0.3, 0.4) is 0 Å². The number of aromatic nitrogens is 2. The van der Waals surface area contributed by atoms with Crippen LogP contribution in [0.15, 0.2) is 28.0 Å². The molecule has 0 spiro atoms. The standard InChI is InChI=1S/C17H14F3N5O4S/c18-17(19,20)9-1-2-12-10(7-9)21-14(29-12)23-15-22-11(8-30-15)13(26)24-3-5-25(6-4-24)16(27)28/h1-2,7-8H,3-6H2,(H,27,28)(H,21,22,23). The van der Waals surface area contributed by atoms with Gasteiger partial charge in [-0.15, -0.1) is 11.3 Å². The van der Waals surface area contributed by atoms with E-state index in [9.17, 15) is 22.8 Å². The molecule has 13 heteroatoms. The van der Waals surface area contributed by atoms with Crippen molar-refractivity contribution in [3.63, 3.8) is 0 Å². The summed E-state index contributed by atoms with van der Waals surface area (Å²) in [5.74, 6) is -0.336. The predicted octanol–water partition coefficient (Wildman–Crippen LogP) is 3.48. The molecule has 1 aromatic carbocycles. The van der Waals surface area contributed by atoms with Crippen LogP contribution in [0.5, 0.6) is 0 Å². The molecule has 1 fully saturated rings. The number of thiazole rings is 1. The highest BCUT2D eigenvalue weighted by molar-refractivity contribution is 7.14. The summed E-state index contributed by atoms with van der Waals surface area (Å²) in [4.78, 5) is 34.4. The second-order valence-corrected chi connectivity index (χ2v) is 7.28. The van der Waals surface area contributed by atoms with Crippen LogP contribution in [-0.2, 0) is 6.18 Å². The lowest BCUT2D eigenvalue weighted by molar-refractivity contribution is -0.137. The number of oxazole rings is 1. The number of rotatable bonds is 3. The van der Waals surface area contributed by atoms with Crippen molar-refractivity contribution >= 4 is 45.6 Å². The number of hydrogen-bond donors (Lipinski definition) is 2. The molecular formula is C17H14F3N5O4S. The minimum Gasteiger partial charge on any atom is -0.465 e. The zero-order valence-corrected chi connectivity index (χ0v) is 16.0. The van der Waals surface area contributed by atoms with E-state index in [1.807, 2.05) is 0 Å². The fraction of sp³-hybridized carbons (Fsp3) is 0.294. The van der Waals surface area contributed by atoms with Crippen molar-refractivity contribution in [1.29, 1.82) is 0 Å². The third-order valence-corrected chi connectivity index (χ3v) is 5.25. The van der Waals surface area contributed by atoms with Gasteiger partial charge in [-0.3, -0.25) is 10.1 Å². The number of nitrogens with one attached hydrogen (secondary N) is 1. The van der Waals surface area contributed by atoms with Gasteiger partial charge in [-0.1, -0.05) is 0 Å². The third kappa shape index (κ3) is 4.01. The van der Waals surface area contributed by atoms with Gasteiger partial charge in [-0.25, -0.2) is 9.78 Å². The van der Waals surface area contributed by atoms with Crippen LogP contribution < -0.4 is 5.32 Å². The Morgan fingerprint density at radius 3 is 2.50 bits per heavy atom. The molecule has 2 amide bonds. The Hall–Kier alpha value is -3.35. The van der Waals surface area contributed by atoms with Gasteiger partial charge in [0, 0.05) is 31.6 Å². The second-order valence-electron chi connectivity index (χ2n) is 6.42. The van der Waals surface area contributed by atoms with E-state index in [0.717, 1.165) is 23.5 Å². The molecule has 1 saturated heterocycles. The summed E-state index contributed by atoms with van der Waals surface area (Å²) in [6.45, 7) is 0.967. The predicted molar refractivity (Wildman–Crippen MR) is 99.9 cm³/mol. The normalized spacial score (nSPS) is 14.9. The number of carbonyl (C=O) groups is 2. The van der Waals surface area contributed by atoms with Gasteiger partial charge >= 0.3 is 18.3 Å². The van der Waals surface area contributed by atoms with Crippen LogP contribution in [0, 0.1) is 0 Å². The monoisotopic (exact) mass is 441 g/mol. The van der Waals surface area contributed by atoms with E-state index in [-0.39, 0.29) is 60.0 Å². The Bertz CT molecular complexity index is 1100. The zero-order valence-electron chi connectivity index (χ0n) is 15.1. The number of piperazine rings is 1. The lowest BCUT2D eigenvalue weighted by Crippen LogP contribution is -2.50. The smallest absolute Gasteiger partial charge is 0.416 e. The van der Waals surface area contributed by atoms with Crippen molar-refractivity contribution in [1.82, 2.24) is 19.8 Å². The van der Waals surface area contributed by atoms with Gasteiger partial charge in [0.05, 0.1) is 5.56 Å². The maximum Gasteiger partial charge on any atom is 0.416 e. The van der Waals surface area contributed by atoms with E-state index in [0.29, 0.717) is 0 Å². The van der Waals surface area contributed by atoms with Gasteiger partial charge in [0.2, 0.25) is 0 Å². The molecule has 9 nitrogen and oxygen atoms in total. The summed E-state index contributed by atoms with van der Waals surface area (Å²) in [5, 5.41) is 13.5. The Morgan fingerprint density at radius 1 is 1.13 bits per heavy atom. The van der Waals surface area contributed by atoms with Crippen LogP contribution in [-0.4, -0.2) is 63.1 Å². The summed E-state index contributed by atoms with van der Waals surface area (Å²) in [6.07, 6.45) is -5.51. The molecule has 3 heterocycles. The second kappa shape index (κ2) is 7.48. The van der Waals surface area contributed by atoms with Gasteiger partial charge in [-0.2, -0.15) is 18.2 Å². The highest BCUT2D eigenvalue weighted by Crippen LogP contribution is 2.32. The van der Waals surface area contributed by atoms with Crippen molar-refractivity contribution in [2.75, 3.05) is 31.5 Å². The number of carbonyl (C=O) groups excluding carboxylic acids is 1. The first-order chi connectivity index (χ1) is 14.2. The lowest BCUT2D eigenvalue weighted by atomic mass is 10.2. The van der Waals surface area contributed by atoms with Crippen molar-refractivity contribution < 1.29 is 32.3 Å². The van der Waals surface area contributed by atoms with Gasteiger partial charge < -0.3 is 19.3 Å². The summed E-state index contributed by atoms with van der Waals surface area (Å²) in [7, 11) is 0. The molecule has 0 saturated carbocycles. The molecule has 2 aromatic heterocycles. The molecule has 0 bridgehead atoms. The van der Waals surface area contributed by atoms with Crippen LogP contribution in [0.25, 0.3) is 11.1 Å². The van der Waals surface area contributed by atoms with Crippen molar-refractivity contribution in [2.24, 2.45) is 0 Å². The molecule has 0 radical (unpaired) electrons. The molecule has 4 rings (SSSR count). The molecule has 1 aliphatic heterocycles. The summed E-state index contributed by atoms with van der Waals surface area (Å²) in [5.41, 5.74) is -0.451. The Balaban J connectivity index is 1.44. The van der Waals surface area contributed by atoms with Crippen molar-refractivity contribution in [2.45, 2.75) is 6.18 Å². The van der Waals surface area contributed by atoms with Crippen LogP contribution in [0.4, 0.5) is 29.1 Å². The first-order valence-corrected chi connectivity index (χ1v) is 9.56. The van der Waals surface area contributed by atoms with Gasteiger partial charge in [-0.05, 0) is 18.2 Å². The number of hydrogen-bond acceptors (Lipinski definition) is 7. The number of fused-ring (bicyclic) bond motifs is 1. The first-order valence-electron chi connectivity index (χ1n) is 8.68. The number of amides is 2. The van der Waals surface area contributed by atoms with E-state index in [1.165, 1.54) is 21.2 Å². The zero-order chi connectivity index (χ0) is 21.5. The number of halogens is 3. The Labute approximate surface area is 170 Å². The molecule has 0 unspecified atom stereocenters. The minimum absolute atomic E-state index is 0.0384. The molecule has 2 N–H and O–H groups in total. The largest absolute Gasteiger partial charge is 0.465 e. The van der Waals surface area contributed by atoms with Gasteiger partial charge in [0.25, 0.3) is 5.91 Å². The summed E-state index contributed by atoms with van der Waals surface area (Å²) < 4.78 is 43.8. The molecular weight excluding hydrogens is 427 g/mol. The van der Waals surface area contributed by atoms with Crippen LogP contribution >= 0.6 is 11.3 Å². The highest BCUT2D eigenvalue weighted by Gasteiger charge is 2.31. The van der Waals surface area contributed by atoms with Crippen LogP contribution in [0.2, 0.25) is 0 Å². The number of alkyl halides is 3. The SMILES string of the molecule is O=C(O)N1CCN(C(=O)c2csc(Nc3nc4cc(C(F)(F)F)ccc4o3)n2)CC1. The van der Waals surface area contributed by atoms with Crippen molar-refractivity contribution in [3.05, 3.63) is 34.8 Å². The highest BCUT2D eigenvalue weighted by atomic mass is 32.1. The topological polar surface area (TPSA) is 112 Å². The number of benzene rings is 1. The molecule has 0 aliphatic carbocycles. The van der Waals surface area contributed by atoms with E-state index in [2.05, 4.69) is 15.3 Å². The first kappa shape index (κ1) is 19.9. The maximum atomic E-state index is 12.8. The Morgan fingerprint density at radius 2 is 1.83 bits per heavy atom. The Kier molecular flexibility index (Phi) is 4.97. The summed E-state index contributed by atoms with van der Waals surface area (Å²) in [6, 6.07) is 2.93. The van der Waals surface area contributed by atoms with Crippen LogP contribution in [0.1, 0.15) is 16.1 Å². The molecule has 1 aliphatic rings. The number of carboxylic acid groups (broad SMARTS) is 1. The number of nitrogens with zero attached hydrogens (tertiary/aromatic N) is 4. The fourth-order valence-corrected chi connectivity index (χ4v) is 3.61. The summed E-state index contributed by atoms with van der Waals surface area (Å²) >= 11 is 1.11. The van der Waals surface area contributed by atoms with E-state index in [1.54, 1.807) is 0 Å². The number of anilines is 2. The lowest BCUT2D eigenvalue weighted by Gasteiger charge is -2.32. The molecule has 30 heavy (non-hydrogen) atoms. The van der Waals surface area contributed by atoms with Gasteiger partial charge in [0.1, 0.15) is 11.2 Å². The average molecular weight is 441 g/mol. The maximum absolute atomic E-state index is 12.8. The van der Waals surface area contributed by atoms with Gasteiger partial charge in [0.15, 0.2) is 10.7 Å². The van der Waals surface area contributed by atoms with E-state index >= 15 is 0 Å². The third-order valence-electron chi connectivity index (χ3n) is 4.49. The van der Waals surface area contributed by atoms with Crippen molar-refractivity contribution in [3.8, 4) is 0 Å². The molecule has 0 atom stereocenters. The van der Waals surface area contributed by atoms with E-state index < -0.39 is 17.8 Å². The molecule has 3 aromatic rings. The average Bonchev–Trinajstić information content (AvgIpc) is 3.32. The quantitative estimate of drug-likeness (QED) is 0.640. The molecule has 158 valence electrons. The minimum atomic E-state index is -4.48. The fourth-order valence-electron chi connectivity index (χ4n) is 2.94. The van der Waals surface area contributed by atoms with E-state index in [4.69, 9.17) is 9.52 Å².